The molecule has 42 heavy (non-hydrogen) atoms. The van der Waals surface area contributed by atoms with Gasteiger partial charge in [-0.15, -0.1) is 0 Å². The van der Waals surface area contributed by atoms with E-state index in [0.717, 1.165) is 70.6 Å². The molecule has 6 nitrogen and oxygen atoms in total. The van der Waals surface area contributed by atoms with Crippen LogP contribution >= 0.6 is 0 Å². The fourth-order valence-corrected chi connectivity index (χ4v) is 5.48. The highest BCUT2D eigenvalue weighted by molar-refractivity contribution is 5.91. The van der Waals surface area contributed by atoms with Gasteiger partial charge in [0.2, 0.25) is 0 Å². The van der Waals surface area contributed by atoms with Crippen molar-refractivity contribution in [3.05, 3.63) is 36.0 Å². The molecule has 5 atom stereocenters. The van der Waals surface area contributed by atoms with Gasteiger partial charge < -0.3 is 25.2 Å². The number of carbonyl (C=O) groups is 1. The highest BCUT2D eigenvalue weighted by atomic mass is 16.5. The van der Waals surface area contributed by atoms with Crippen LogP contribution in [0.25, 0.3) is 0 Å². The molecule has 0 aromatic rings. The lowest BCUT2D eigenvalue weighted by atomic mass is 10.0. The molecule has 0 saturated heterocycles. The number of cyclic esters (lactones) is 1. The normalized spacial score (nSPS) is 18.5. The van der Waals surface area contributed by atoms with Crippen molar-refractivity contribution in [1.82, 2.24) is 0 Å². The molecule has 0 bridgehead atoms. The number of hydrogen-bond acceptors (Lipinski definition) is 6. The quantitative estimate of drug-likeness (QED) is 0.0416. The Kier molecular flexibility index (Phi) is 23.8. The van der Waals surface area contributed by atoms with Crippen LogP contribution in [-0.2, 0) is 9.53 Å². The second kappa shape index (κ2) is 26.0. The van der Waals surface area contributed by atoms with Crippen molar-refractivity contribution in [1.29, 1.82) is 0 Å². The molecule has 244 valence electrons. The maximum Gasteiger partial charge on any atom is 0.337 e. The second-order valence-electron chi connectivity index (χ2n) is 12.3. The number of aliphatic hydroxyl groups excluding tert-OH is 4. The number of ether oxygens (including phenoxy) is 1. The minimum atomic E-state index is -0.754. The van der Waals surface area contributed by atoms with E-state index in [-0.39, 0.29) is 12.2 Å². The van der Waals surface area contributed by atoms with Gasteiger partial charge in [0.1, 0.15) is 6.10 Å². The van der Waals surface area contributed by atoms with Crippen LogP contribution in [0.1, 0.15) is 155 Å². The van der Waals surface area contributed by atoms with E-state index in [9.17, 15) is 25.2 Å². The summed E-state index contributed by atoms with van der Waals surface area (Å²) < 4.78 is 5.03. The Morgan fingerprint density at radius 3 is 1.71 bits per heavy atom. The lowest BCUT2D eigenvalue weighted by Crippen LogP contribution is -2.25. The minimum absolute atomic E-state index is 0.252. The van der Waals surface area contributed by atoms with Gasteiger partial charge in [-0.05, 0) is 70.8 Å². The van der Waals surface area contributed by atoms with E-state index >= 15 is 0 Å². The van der Waals surface area contributed by atoms with Crippen LogP contribution in [0.3, 0.4) is 0 Å². The predicted molar refractivity (Wildman–Crippen MR) is 173 cm³/mol. The van der Waals surface area contributed by atoms with Crippen molar-refractivity contribution >= 4 is 5.97 Å². The number of aliphatic hydroxyl groups is 4. The van der Waals surface area contributed by atoms with Crippen molar-refractivity contribution in [2.45, 2.75) is 186 Å². The molecule has 0 aromatic carbocycles. The summed E-state index contributed by atoms with van der Waals surface area (Å²) in [5, 5.41) is 40.8. The van der Waals surface area contributed by atoms with Gasteiger partial charge in [0.05, 0.1) is 30.0 Å². The van der Waals surface area contributed by atoms with Crippen LogP contribution in [0.2, 0.25) is 0 Å². The van der Waals surface area contributed by atoms with Crippen LogP contribution in [0.5, 0.6) is 0 Å². The zero-order valence-corrected chi connectivity index (χ0v) is 26.9. The summed E-state index contributed by atoms with van der Waals surface area (Å²) in [5.41, 5.74) is 0.383. The van der Waals surface area contributed by atoms with Gasteiger partial charge in [0.15, 0.2) is 0 Å². The Morgan fingerprint density at radius 2 is 1.12 bits per heavy atom. The van der Waals surface area contributed by atoms with Crippen LogP contribution in [0, 0.1) is 0 Å². The number of hydrogen-bond donors (Lipinski definition) is 4. The van der Waals surface area contributed by atoms with Crippen LogP contribution in [0.4, 0.5) is 0 Å². The molecule has 0 radical (unpaired) electrons. The molecule has 4 N–H and O–H groups in total. The highest BCUT2D eigenvalue weighted by Gasteiger charge is 2.27. The number of unbranched alkanes of at least 4 members (excludes halogenated alkanes) is 12. The smallest absolute Gasteiger partial charge is 0.337 e. The third-order valence-electron chi connectivity index (χ3n) is 8.24. The Labute approximate surface area is 257 Å². The van der Waals surface area contributed by atoms with E-state index in [4.69, 9.17) is 4.74 Å². The Morgan fingerprint density at radius 1 is 0.643 bits per heavy atom. The summed E-state index contributed by atoms with van der Waals surface area (Å²) in [7, 11) is 0. The largest absolute Gasteiger partial charge is 0.455 e. The zero-order chi connectivity index (χ0) is 30.8. The number of esters is 1. The molecule has 5 unspecified atom stereocenters. The molecule has 0 aliphatic carbocycles. The topological polar surface area (TPSA) is 107 Å². The van der Waals surface area contributed by atoms with E-state index < -0.39 is 24.3 Å². The molecule has 0 spiro atoms. The molecule has 6 heteroatoms. The van der Waals surface area contributed by atoms with Gasteiger partial charge in [-0.25, -0.2) is 4.79 Å². The third kappa shape index (κ3) is 20.4. The van der Waals surface area contributed by atoms with E-state index in [1.54, 1.807) is 13.0 Å². The van der Waals surface area contributed by atoms with Crippen LogP contribution in [0.15, 0.2) is 36.0 Å². The maximum atomic E-state index is 11.6. The lowest BCUT2D eigenvalue weighted by molar-refractivity contribution is -0.139. The molecule has 1 heterocycles. The van der Waals surface area contributed by atoms with Gasteiger partial charge in [0, 0.05) is 0 Å². The molecule has 1 aliphatic heterocycles. The monoisotopic (exact) mass is 592 g/mol. The molecule has 0 amide bonds. The van der Waals surface area contributed by atoms with Crippen molar-refractivity contribution in [2.24, 2.45) is 0 Å². The first-order valence-corrected chi connectivity index (χ1v) is 17.3. The van der Waals surface area contributed by atoms with Crippen LogP contribution < -0.4 is 0 Å². The summed E-state index contributed by atoms with van der Waals surface area (Å²) >= 11 is 0. The Hall–Kier alpha value is -1.47. The molecule has 0 fully saturated rings. The average molecular weight is 593 g/mol. The first-order chi connectivity index (χ1) is 20.3. The predicted octanol–water partition coefficient (Wildman–Crippen LogP) is 8.02. The molecular weight excluding hydrogens is 528 g/mol. The highest BCUT2D eigenvalue weighted by Crippen LogP contribution is 2.21. The minimum Gasteiger partial charge on any atom is -0.455 e. The van der Waals surface area contributed by atoms with Crippen molar-refractivity contribution < 1.29 is 30.0 Å². The summed E-state index contributed by atoms with van der Waals surface area (Å²) in [4.78, 5) is 11.6. The summed E-state index contributed by atoms with van der Waals surface area (Å²) in [6.07, 6.45) is 30.0. The second-order valence-corrected chi connectivity index (χ2v) is 12.3. The fourth-order valence-electron chi connectivity index (χ4n) is 5.48. The van der Waals surface area contributed by atoms with Gasteiger partial charge >= 0.3 is 5.97 Å². The molecule has 1 rings (SSSR count). The van der Waals surface area contributed by atoms with Crippen molar-refractivity contribution in [3.8, 4) is 0 Å². The van der Waals surface area contributed by atoms with E-state index in [1.165, 1.54) is 51.4 Å². The first kappa shape index (κ1) is 38.6. The summed E-state index contributed by atoms with van der Waals surface area (Å²) in [5.74, 6) is -0.407. The van der Waals surface area contributed by atoms with Gasteiger partial charge in [0.25, 0.3) is 0 Å². The molecule has 0 aromatic heterocycles. The number of rotatable bonds is 28. The fraction of sp³-hybridized carbons (Fsp3) is 0.806. The Bertz CT molecular complexity index is 745. The number of carbonyl (C=O) groups excluding carboxylic acids is 1. The molecular formula is C36H64O6. The summed E-state index contributed by atoms with van der Waals surface area (Å²) in [6.45, 7) is 4.04. The SMILES string of the molecule is CCCCCCCCCCCCC(O)C(O)CC/C=C\CC/C=C\CCC(O)CCCCCC(O)C1=CC(C)OC1=O. The van der Waals surface area contributed by atoms with Crippen molar-refractivity contribution in [2.75, 3.05) is 0 Å². The van der Waals surface area contributed by atoms with Crippen molar-refractivity contribution in [3.63, 3.8) is 0 Å². The van der Waals surface area contributed by atoms with Crippen LogP contribution in [-0.4, -0.2) is 56.9 Å². The van der Waals surface area contributed by atoms with E-state index in [1.807, 2.05) is 0 Å². The lowest BCUT2D eigenvalue weighted by Gasteiger charge is -2.17. The maximum absolute atomic E-state index is 11.6. The Balaban J connectivity index is 1.92. The average Bonchev–Trinajstić information content (AvgIpc) is 3.31. The van der Waals surface area contributed by atoms with Gasteiger partial charge in [-0.2, -0.15) is 0 Å². The first-order valence-electron chi connectivity index (χ1n) is 17.3. The van der Waals surface area contributed by atoms with E-state index in [0.29, 0.717) is 24.8 Å². The van der Waals surface area contributed by atoms with Gasteiger partial charge in [-0.3, -0.25) is 0 Å². The third-order valence-corrected chi connectivity index (χ3v) is 8.24. The standard InChI is InChI=1S/C36H64O6/c1-3-4-5-6-7-8-9-13-16-21-27-34(39)35(40)28-22-17-14-11-10-12-15-19-24-31(37)25-20-18-23-26-33(38)32-29-30(2)42-36(32)41/h12,14-15,17,29-31,33-35,37-40H,3-11,13,16,18-28H2,1-2H3/b15-12-,17-14-. The van der Waals surface area contributed by atoms with E-state index in [2.05, 4.69) is 31.2 Å². The van der Waals surface area contributed by atoms with Gasteiger partial charge in [-0.1, -0.05) is 115 Å². The summed E-state index contributed by atoms with van der Waals surface area (Å²) in [6, 6.07) is 0. The molecule has 0 saturated carbocycles. The number of allylic oxidation sites excluding steroid dienone is 4. The molecule has 1 aliphatic rings. The zero-order valence-electron chi connectivity index (χ0n) is 26.9.